The Bertz CT molecular complexity index is 1630. The average molecular weight is 549 g/mol. The van der Waals surface area contributed by atoms with Gasteiger partial charge in [-0.15, -0.1) is 0 Å². The number of nitrogens with zero attached hydrogens (tertiary/aromatic N) is 4. The van der Waals surface area contributed by atoms with Crippen LogP contribution in [0.5, 0.6) is 0 Å². The van der Waals surface area contributed by atoms with Gasteiger partial charge in [0.05, 0.1) is 0 Å². The molecule has 1 aliphatic carbocycles. The zero-order valence-electron chi connectivity index (χ0n) is 24.4. The first-order valence-electron chi connectivity index (χ1n) is 15.0. The first kappa shape index (κ1) is 27.3. The number of anilines is 2. The fraction of sp³-hybridized carbons (Fsp3) is 0.412. The SMILES string of the molecule is C=C(C)C1CCC(c2ccc(-c3cc4cnc(Nc5ccc(C6CCNCC6)cc5)nc4n(CC)c3=O)c(C)n2)C1. The van der Waals surface area contributed by atoms with Gasteiger partial charge < -0.3 is 10.6 Å². The van der Waals surface area contributed by atoms with Crippen molar-refractivity contribution in [2.24, 2.45) is 5.92 Å². The van der Waals surface area contributed by atoms with Gasteiger partial charge in [0.15, 0.2) is 0 Å². The standard InChI is InChI=1S/C34H40N6O/c1-5-40-32-27(20-36-34(39-32)38-28-10-8-23(9-11-28)24-14-16-35-17-15-24)19-30(33(40)41)29-12-13-31(37-22(29)4)26-7-6-25(18-26)21(2)3/h8-13,19-20,24-26,35H,2,5-7,14-18H2,1,3-4H3,(H,36,38,39). The number of pyridine rings is 2. The second-order valence-corrected chi connectivity index (χ2v) is 11.8. The second kappa shape index (κ2) is 11.6. The van der Waals surface area contributed by atoms with Crippen LogP contribution in [0.4, 0.5) is 11.6 Å². The number of hydrogen-bond donors (Lipinski definition) is 2. The Morgan fingerprint density at radius 1 is 1.02 bits per heavy atom. The maximum absolute atomic E-state index is 13.7. The maximum Gasteiger partial charge on any atom is 0.260 e. The van der Waals surface area contributed by atoms with Crippen LogP contribution in [0.2, 0.25) is 0 Å². The number of rotatable bonds is 7. The highest BCUT2D eigenvalue weighted by Gasteiger charge is 2.27. The van der Waals surface area contributed by atoms with Gasteiger partial charge in [0.2, 0.25) is 5.95 Å². The highest BCUT2D eigenvalue weighted by atomic mass is 16.1. The summed E-state index contributed by atoms with van der Waals surface area (Å²) < 4.78 is 1.74. The van der Waals surface area contributed by atoms with Gasteiger partial charge >= 0.3 is 0 Å². The van der Waals surface area contributed by atoms with Gasteiger partial charge in [-0.25, -0.2) is 4.98 Å². The lowest BCUT2D eigenvalue weighted by atomic mass is 9.90. The lowest BCUT2D eigenvalue weighted by Gasteiger charge is -2.23. The van der Waals surface area contributed by atoms with Crippen molar-refractivity contribution in [2.75, 3.05) is 18.4 Å². The molecule has 3 aromatic heterocycles. The van der Waals surface area contributed by atoms with E-state index in [1.54, 1.807) is 10.8 Å². The summed E-state index contributed by atoms with van der Waals surface area (Å²) in [5.74, 6) is 2.13. The summed E-state index contributed by atoms with van der Waals surface area (Å²) in [6, 6.07) is 14.7. The molecule has 0 amide bonds. The maximum atomic E-state index is 13.7. The minimum Gasteiger partial charge on any atom is -0.324 e. The Balaban J connectivity index is 1.26. The van der Waals surface area contributed by atoms with Gasteiger partial charge in [-0.1, -0.05) is 30.4 Å². The summed E-state index contributed by atoms with van der Waals surface area (Å²) in [6.07, 6.45) is 7.57. The first-order valence-corrected chi connectivity index (χ1v) is 15.0. The van der Waals surface area contributed by atoms with Crippen molar-refractivity contribution in [1.29, 1.82) is 0 Å². The summed E-state index contributed by atoms with van der Waals surface area (Å²) in [5.41, 5.74) is 7.66. The molecule has 0 spiro atoms. The molecule has 4 aromatic rings. The van der Waals surface area contributed by atoms with Gasteiger partial charge in [0, 0.05) is 52.2 Å². The molecule has 4 heterocycles. The van der Waals surface area contributed by atoms with Gasteiger partial charge in [-0.3, -0.25) is 14.3 Å². The van der Waals surface area contributed by atoms with Crippen LogP contribution in [0.25, 0.3) is 22.2 Å². The average Bonchev–Trinajstić information content (AvgIpc) is 3.49. The van der Waals surface area contributed by atoms with E-state index < -0.39 is 0 Å². The molecule has 1 aliphatic heterocycles. The third-order valence-electron chi connectivity index (χ3n) is 9.07. The fourth-order valence-corrected chi connectivity index (χ4v) is 6.62. The molecule has 7 heteroatoms. The van der Waals surface area contributed by atoms with Crippen LogP contribution in [0.15, 0.2) is 65.6 Å². The van der Waals surface area contributed by atoms with E-state index in [4.69, 9.17) is 9.97 Å². The van der Waals surface area contributed by atoms with Crippen molar-refractivity contribution >= 4 is 22.7 Å². The van der Waals surface area contributed by atoms with Crippen molar-refractivity contribution in [3.8, 4) is 11.1 Å². The number of allylic oxidation sites excluding steroid dienone is 1. The van der Waals surface area contributed by atoms with Crippen LogP contribution >= 0.6 is 0 Å². The number of fused-ring (bicyclic) bond motifs is 1. The molecule has 2 unspecified atom stereocenters. The summed E-state index contributed by atoms with van der Waals surface area (Å²) in [4.78, 5) is 28.1. The minimum atomic E-state index is -0.0585. The number of nitrogens with one attached hydrogen (secondary N) is 2. The van der Waals surface area contributed by atoms with Crippen molar-refractivity contribution in [1.82, 2.24) is 24.8 Å². The van der Waals surface area contributed by atoms with E-state index in [1.165, 1.54) is 30.4 Å². The van der Waals surface area contributed by atoms with Crippen LogP contribution in [0, 0.1) is 12.8 Å². The lowest BCUT2D eigenvalue weighted by Crippen LogP contribution is -2.26. The summed E-state index contributed by atoms with van der Waals surface area (Å²) in [7, 11) is 0. The van der Waals surface area contributed by atoms with Crippen molar-refractivity contribution in [3.05, 3.63) is 88.1 Å². The van der Waals surface area contributed by atoms with E-state index in [2.05, 4.69) is 65.5 Å². The molecule has 7 nitrogen and oxygen atoms in total. The topological polar surface area (TPSA) is 84.7 Å². The Hall–Kier alpha value is -3.84. The lowest BCUT2D eigenvalue weighted by molar-refractivity contribution is 0.460. The molecular formula is C34H40N6O. The number of benzene rings is 1. The van der Waals surface area contributed by atoms with E-state index >= 15 is 0 Å². The Labute approximate surface area is 242 Å². The molecule has 2 aliphatic rings. The Kier molecular flexibility index (Phi) is 7.71. The fourth-order valence-electron chi connectivity index (χ4n) is 6.62. The molecule has 2 N–H and O–H groups in total. The van der Waals surface area contributed by atoms with Gasteiger partial charge in [0.1, 0.15) is 5.65 Å². The molecule has 2 fully saturated rings. The van der Waals surface area contributed by atoms with Crippen LogP contribution < -0.4 is 16.2 Å². The molecule has 0 radical (unpaired) electrons. The Morgan fingerprint density at radius 3 is 2.49 bits per heavy atom. The number of aromatic nitrogens is 4. The van der Waals surface area contributed by atoms with Gasteiger partial charge in [-0.2, -0.15) is 4.98 Å². The quantitative estimate of drug-likeness (QED) is 0.246. The normalized spacial score (nSPS) is 19.5. The largest absolute Gasteiger partial charge is 0.324 e. The predicted octanol–water partition coefficient (Wildman–Crippen LogP) is 6.85. The second-order valence-electron chi connectivity index (χ2n) is 11.8. The summed E-state index contributed by atoms with van der Waals surface area (Å²) >= 11 is 0. The zero-order valence-corrected chi connectivity index (χ0v) is 24.4. The monoisotopic (exact) mass is 548 g/mol. The van der Waals surface area contributed by atoms with Crippen molar-refractivity contribution in [2.45, 2.75) is 71.3 Å². The molecule has 6 rings (SSSR count). The van der Waals surface area contributed by atoms with Crippen LogP contribution in [-0.2, 0) is 6.54 Å². The molecule has 41 heavy (non-hydrogen) atoms. The van der Waals surface area contributed by atoms with Crippen molar-refractivity contribution < 1.29 is 0 Å². The third-order valence-corrected chi connectivity index (χ3v) is 9.07. The van der Waals surface area contributed by atoms with E-state index in [-0.39, 0.29) is 5.56 Å². The predicted molar refractivity (Wildman–Crippen MR) is 167 cm³/mol. The molecule has 0 bridgehead atoms. The smallest absolute Gasteiger partial charge is 0.260 e. The van der Waals surface area contributed by atoms with E-state index in [9.17, 15) is 4.79 Å². The molecule has 2 atom stereocenters. The first-order chi connectivity index (χ1) is 19.9. The van der Waals surface area contributed by atoms with Gasteiger partial charge in [-0.05, 0) is 108 Å². The Morgan fingerprint density at radius 2 is 1.80 bits per heavy atom. The van der Waals surface area contributed by atoms with E-state index in [1.807, 2.05) is 19.9 Å². The van der Waals surface area contributed by atoms with Crippen LogP contribution in [-0.4, -0.2) is 32.6 Å². The summed E-state index contributed by atoms with van der Waals surface area (Å²) in [5, 5.41) is 7.59. The zero-order chi connectivity index (χ0) is 28.5. The minimum absolute atomic E-state index is 0.0585. The third kappa shape index (κ3) is 5.55. The van der Waals surface area contributed by atoms with Crippen LogP contribution in [0.1, 0.15) is 74.7 Å². The molecule has 1 saturated carbocycles. The number of hydrogen-bond acceptors (Lipinski definition) is 6. The van der Waals surface area contributed by atoms with E-state index in [0.717, 1.165) is 54.0 Å². The van der Waals surface area contributed by atoms with Crippen LogP contribution in [0.3, 0.4) is 0 Å². The van der Waals surface area contributed by atoms with Gasteiger partial charge in [0.25, 0.3) is 5.56 Å². The molecule has 212 valence electrons. The highest BCUT2D eigenvalue weighted by molar-refractivity contribution is 5.82. The highest BCUT2D eigenvalue weighted by Crippen LogP contribution is 2.41. The number of aryl methyl sites for hydroxylation is 2. The summed E-state index contributed by atoms with van der Waals surface area (Å²) in [6.45, 7) is 12.9. The number of piperidine rings is 1. The molecular weight excluding hydrogens is 508 g/mol. The van der Waals surface area contributed by atoms with E-state index in [0.29, 0.717) is 41.5 Å². The molecule has 1 aromatic carbocycles. The molecule has 1 saturated heterocycles. The van der Waals surface area contributed by atoms with Crippen molar-refractivity contribution in [3.63, 3.8) is 0 Å².